The lowest BCUT2D eigenvalue weighted by atomic mass is 10.1. The van der Waals surface area contributed by atoms with E-state index in [0.717, 1.165) is 39.8 Å². The third kappa shape index (κ3) is 4.83. The third-order valence-corrected chi connectivity index (χ3v) is 5.87. The number of aromatic amines is 1. The monoisotopic (exact) mass is 474 g/mol. The van der Waals surface area contributed by atoms with Crippen molar-refractivity contribution in [2.75, 3.05) is 12.4 Å². The molecular weight excluding hydrogens is 448 g/mol. The van der Waals surface area contributed by atoms with Gasteiger partial charge in [-0.05, 0) is 67.6 Å². The fourth-order valence-corrected chi connectivity index (χ4v) is 4.06. The van der Waals surface area contributed by atoms with Crippen molar-refractivity contribution in [1.29, 1.82) is 0 Å². The number of ether oxygens (including phenoxy) is 1. The molecule has 1 heterocycles. The molecule has 2 N–H and O–H groups in total. The van der Waals surface area contributed by atoms with Gasteiger partial charge in [-0.15, -0.1) is 0 Å². The Kier molecular flexibility index (Phi) is 6.49. The topological polar surface area (TPSA) is 71.4 Å². The van der Waals surface area contributed by atoms with E-state index in [2.05, 4.69) is 10.4 Å². The summed E-state index contributed by atoms with van der Waals surface area (Å²) in [6.07, 6.45) is 0. The first-order valence-electron chi connectivity index (χ1n) is 11.6. The lowest BCUT2D eigenvalue weighted by Crippen LogP contribution is -2.19. The van der Waals surface area contributed by atoms with Gasteiger partial charge in [0.25, 0.3) is 5.56 Å². The summed E-state index contributed by atoms with van der Waals surface area (Å²) in [6.45, 7) is 1.87. The Morgan fingerprint density at radius 3 is 2.00 bits per heavy atom. The number of methoxy groups -OCH3 is 1. The maximum atomic E-state index is 13.5. The summed E-state index contributed by atoms with van der Waals surface area (Å²) < 4.78 is 6.78. The number of benzene rings is 4. The van der Waals surface area contributed by atoms with E-state index in [-0.39, 0.29) is 5.56 Å². The summed E-state index contributed by atoms with van der Waals surface area (Å²) >= 11 is 0. The number of aromatic nitrogens is 2. The van der Waals surface area contributed by atoms with Gasteiger partial charge in [0.1, 0.15) is 5.75 Å². The highest BCUT2D eigenvalue weighted by atomic mass is 16.5. The molecule has 4 aromatic carbocycles. The lowest BCUT2D eigenvalue weighted by Gasteiger charge is -2.08. The first kappa shape index (κ1) is 22.9. The van der Waals surface area contributed by atoms with E-state index >= 15 is 0 Å². The molecule has 0 atom stereocenters. The van der Waals surface area contributed by atoms with Gasteiger partial charge in [-0.25, -0.2) is 4.68 Å². The summed E-state index contributed by atoms with van der Waals surface area (Å²) in [6, 6.07) is 34.9. The largest absolute Gasteiger partial charge is 0.497 e. The number of hydrogen-bond acceptors (Lipinski definition) is 4. The maximum absolute atomic E-state index is 13.5. The Bertz CT molecular complexity index is 1530. The van der Waals surface area contributed by atoms with Crippen molar-refractivity contribution in [1.82, 2.24) is 9.78 Å². The van der Waals surface area contributed by atoms with E-state index in [1.54, 1.807) is 11.8 Å². The highest BCUT2D eigenvalue weighted by Crippen LogP contribution is 2.25. The number of H-pyrrole nitrogens is 1. The molecule has 1 aromatic heterocycles. The highest BCUT2D eigenvalue weighted by molar-refractivity contribution is 6.04. The lowest BCUT2D eigenvalue weighted by molar-refractivity contribution is 0.415. The molecule has 178 valence electrons. The van der Waals surface area contributed by atoms with E-state index < -0.39 is 0 Å². The van der Waals surface area contributed by atoms with Crippen LogP contribution >= 0.6 is 0 Å². The average molecular weight is 475 g/mol. The molecule has 0 aliphatic heterocycles. The number of anilines is 2. The predicted octanol–water partition coefficient (Wildman–Crippen LogP) is 6.73. The SMILES string of the molecule is COc1ccc(Nc2ccc(N=C(C)c3c(-c4ccccc4)[nH]n(-c4ccccc4)c3=O)cc2)cc1. The van der Waals surface area contributed by atoms with Crippen LogP contribution in [0.5, 0.6) is 5.75 Å². The summed E-state index contributed by atoms with van der Waals surface area (Å²) in [5.41, 5.74) is 6.15. The minimum atomic E-state index is -0.140. The maximum Gasteiger partial charge on any atom is 0.280 e. The summed E-state index contributed by atoms with van der Waals surface area (Å²) in [5.74, 6) is 0.812. The van der Waals surface area contributed by atoms with Crippen LogP contribution < -0.4 is 15.6 Å². The standard InChI is InChI=1S/C30H26N4O2/c1-21(31-23-13-15-24(16-14-23)32-25-17-19-27(36-2)20-18-25)28-29(22-9-5-3-6-10-22)33-34(30(28)35)26-11-7-4-8-12-26/h3-20,32-33H,1-2H3. The third-order valence-electron chi connectivity index (χ3n) is 5.87. The number of hydrogen-bond donors (Lipinski definition) is 2. The molecule has 6 nitrogen and oxygen atoms in total. The van der Waals surface area contributed by atoms with E-state index in [1.807, 2.05) is 116 Å². The molecule has 0 unspecified atom stereocenters. The zero-order valence-corrected chi connectivity index (χ0v) is 20.1. The first-order valence-corrected chi connectivity index (χ1v) is 11.6. The van der Waals surface area contributed by atoms with Crippen LogP contribution in [0.15, 0.2) is 119 Å². The smallest absolute Gasteiger partial charge is 0.280 e. The summed E-state index contributed by atoms with van der Waals surface area (Å²) in [7, 11) is 1.65. The number of para-hydroxylation sites is 1. The zero-order chi connectivity index (χ0) is 24.9. The van der Waals surface area contributed by atoms with Crippen LogP contribution in [0.25, 0.3) is 16.9 Å². The Morgan fingerprint density at radius 2 is 1.39 bits per heavy atom. The normalized spacial score (nSPS) is 11.3. The number of nitrogens with one attached hydrogen (secondary N) is 2. The Labute approximate surface area is 209 Å². The summed E-state index contributed by atoms with van der Waals surface area (Å²) in [5, 5.41) is 6.66. The fraction of sp³-hybridized carbons (Fsp3) is 0.0667. The van der Waals surface area contributed by atoms with Gasteiger partial charge in [0.15, 0.2) is 0 Å². The Balaban J connectivity index is 1.47. The van der Waals surface area contributed by atoms with E-state index in [9.17, 15) is 4.79 Å². The Morgan fingerprint density at radius 1 is 0.806 bits per heavy atom. The molecule has 0 saturated heterocycles. The van der Waals surface area contributed by atoms with E-state index in [4.69, 9.17) is 9.73 Å². The van der Waals surface area contributed by atoms with Gasteiger partial charge >= 0.3 is 0 Å². The molecule has 5 rings (SSSR count). The summed E-state index contributed by atoms with van der Waals surface area (Å²) in [4.78, 5) is 18.3. The van der Waals surface area contributed by atoms with Crippen LogP contribution in [0.3, 0.4) is 0 Å². The van der Waals surface area contributed by atoms with Gasteiger partial charge in [-0.1, -0.05) is 48.5 Å². The van der Waals surface area contributed by atoms with Gasteiger partial charge in [0, 0.05) is 16.9 Å². The molecular formula is C30H26N4O2. The van der Waals surface area contributed by atoms with Crippen molar-refractivity contribution < 1.29 is 4.74 Å². The second kappa shape index (κ2) is 10.2. The van der Waals surface area contributed by atoms with Gasteiger partial charge in [-0.3, -0.25) is 14.9 Å². The van der Waals surface area contributed by atoms with Crippen LogP contribution in [0.1, 0.15) is 12.5 Å². The molecule has 0 amide bonds. The average Bonchev–Trinajstić information content (AvgIpc) is 3.28. The fourth-order valence-electron chi connectivity index (χ4n) is 4.06. The van der Waals surface area contributed by atoms with Crippen molar-refractivity contribution in [2.45, 2.75) is 6.92 Å². The molecule has 0 spiro atoms. The molecule has 0 aliphatic rings. The minimum absolute atomic E-state index is 0.140. The molecule has 0 saturated carbocycles. The molecule has 6 heteroatoms. The number of rotatable bonds is 7. The molecule has 0 fully saturated rings. The predicted molar refractivity (Wildman–Crippen MR) is 146 cm³/mol. The Hall–Kier alpha value is -4.84. The second-order valence-electron chi connectivity index (χ2n) is 8.30. The van der Waals surface area contributed by atoms with E-state index in [1.165, 1.54) is 0 Å². The second-order valence-corrected chi connectivity index (χ2v) is 8.30. The molecule has 0 radical (unpaired) electrons. The van der Waals surface area contributed by atoms with Gasteiger partial charge in [0.05, 0.1) is 35.5 Å². The van der Waals surface area contributed by atoms with Crippen LogP contribution in [0, 0.1) is 0 Å². The molecule has 0 aliphatic carbocycles. The number of nitrogens with zero attached hydrogens (tertiary/aromatic N) is 2. The molecule has 36 heavy (non-hydrogen) atoms. The zero-order valence-electron chi connectivity index (χ0n) is 20.1. The van der Waals surface area contributed by atoms with Crippen LogP contribution in [-0.2, 0) is 0 Å². The highest BCUT2D eigenvalue weighted by Gasteiger charge is 2.19. The quantitative estimate of drug-likeness (QED) is 0.257. The van der Waals surface area contributed by atoms with Crippen molar-refractivity contribution in [3.8, 4) is 22.7 Å². The van der Waals surface area contributed by atoms with Gasteiger partial charge in [0.2, 0.25) is 0 Å². The van der Waals surface area contributed by atoms with Crippen molar-refractivity contribution in [3.05, 3.63) is 125 Å². The molecule has 0 bridgehead atoms. The van der Waals surface area contributed by atoms with Crippen LogP contribution in [0.2, 0.25) is 0 Å². The van der Waals surface area contributed by atoms with Crippen molar-refractivity contribution in [2.24, 2.45) is 4.99 Å². The molecule has 5 aromatic rings. The van der Waals surface area contributed by atoms with Crippen molar-refractivity contribution >= 4 is 22.8 Å². The number of aliphatic imine (C=N–C) groups is 1. The van der Waals surface area contributed by atoms with E-state index in [0.29, 0.717) is 11.3 Å². The van der Waals surface area contributed by atoms with Gasteiger partial charge in [-0.2, -0.15) is 0 Å². The van der Waals surface area contributed by atoms with Gasteiger partial charge < -0.3 is 10.1 Å². The van der Waals surface area contributed by atoms with Crippen LogP contribution in [-0.4, -0.2) is 22.6 Å². The van der Waals surface area contributed by atoms with Crippen LogP contribution in [0.4, 0.5) is 17.1 Å². The first-order chi connectivity index (χ1) is 17.6. The minimum Gasteiger partial charge on any atom is -0.497 e. The van der Waals surface area contributed by atoms with Crippen molar-refractivity contribution in [3.63, 3.8) is 0 Å².